The first-order valence-electron chi connectivity index (χ1n) is 10.4. The number of sulfonamides is 1. The van der Waals surface area contributed by atoms with E-state index in [0.29, 0.717) is 5.82 Å². The molecule has 4 rings (SSSR count). The Balaban J connectivity index is 1.51. The van der Waals surface area contributed by atoms with E-state index in [1.165, 1.54) is 7.05 Å². The molecule has 0 bridgehead atoms. The maximum atomic E-state index is 13.0. The van der Waals surface area contributed by atoms with E-state index in [9.17, 15) is 13.2 Å². The van der Waals surface area contributed by atoms with Gasteiger partial charge < -0.3 is 10.3 Å². The Hall–Kier alpha value is -3.23. The number of benzene rings is 3. The number of carbonyl (C=O) groups excluding carboxylic acids is 1. The number of nitrogens with one attached hydrogen (secondary N) is 2. The summed E-state index contributed by atoms with van der Waals surface area (Å²) in [5.74, 6) is 0.313. The maximum absolute atomic E-state index is 13.0. The third-order valence-corrected chi connectivity index (χ3v) is 7.28. The number of nitrogens with zero attached hydrogens (tertiary/aromatic N) is 2. The molecule has 2 N–H and O–H groups in total. The molecule has 166 valence electrons. The van der Waals surface area contributed by atoms with Crippen molar-refractivity contribution in [1.82, 2.24) is 19.6 Å². The van der Waals surface area contributed by atoms with Crippen LogP contribution in [-0.2, 0) is 14.8 Å². The van der Waals surface area contributed by atoms with Crippen LogP contribution in [0.3, 0.4) is 0 Å². The lowest BCUT2D eigenvalue weighted by Gasteiger charge is -2.23. The van der Waals surface area contributed by atoms with E-state index in [1.54, 1.807) is 18.2 Å². The second-order valence-corrected chi connectivity index (χ2v) is 10.2. The zero-order valence-electron chi connectivity index (χ0n) is 18.2. The Kier molecular flexibility index (Phi) is 5.99. The minimum absolute atomic E-state index is 0.0573. The molecule has 3 aromatic carbocycles. The van der Waals surface area contributed by atoms with Crippen molar-refractivity contribution in [3.63, 3.8) is 0 Å². The SMILES string of the molecule is CC(C)C(NC(=O)CN(C)S(=O)(=O)c1ccc2ccccc2c1)c1nc2ccccc2[nH]1. The van der Waals surface area contributed by atoms with Crippen LogP contribution >= 0.6 is 0 Å². The average Bonchev–Trinajstić information content (AvgIpc) is 3.20. The van der Waals surface area contributed by atoms with Crippen molar-refractivity contribution in [2.45, 2.75) is 24.8 Å². The van der Waals surface area contributed by atoms with Crippen molar-refractivity contribution in [3.05, 3.63) is 72.6 Å². The molecule has 7 nitrogen and oxygen atoms in total. The van der Waals surface area contributed by atoms with Crippen LogP contribution in [0.15, 0.2) is 71.6 Å². The van der Waals surface area contributed by atoms with Gasteiger partial charge in [0.1, 0.15) is 5.82 Å². The number of para-hydroxylation sites is 2. The van der Waals surface area contributed by atoms with Crippen LogP contribution < -0.4 is 5.32 Å². The van der Waals surface area contributed by atoms with Gasteiger partial charge in [0.05, 0.1) is 28.5 Å². The zero-order valence-corrected chi connectivity index (χ0v) is 19.1. The summed E-state index contributed by atoms with van der Waals surface area (Å²) >= 11 is 0. The van der Waals surface area contributed by atoms with Gasteiger partial charge in [0, 0.05) is 7.05 Å². The van der Waals surface area contributed by atoms with E-state index in [2.05, 4.69) is 15.3 Å². The Bertz CT molecular complexity index is 1350. The monoisotopic (exact) mass is 450 g/mol. The maximum Gasteiger partial charge on any atom is 0.243 e. The number of hydrogen-bond donors (Lipinski definition) is 2. The fourth-order valence-corrected chi connectivity index (χ4v) is 4.85. The lowest BCUT2D eigenvalue weighted by Crippen LogP contribution is -2.41. The van der Waals surface area contributed by atoms with E-state index >= 15 is 0 Å². The van der Waals surface area contributed by atoms with E-state index < -0.39 is 15.9 Å². The summed E-state index contributed by atoms with van der Waals surface area (Å²) in [6.07, 6.45) is 0. The number of amides is 1. The number of imidazole rings is 1. The number of rotatable bonds is 7. The highest BCUT2D eigenvalue weighted by Gasteiger charge is 2.26. The molecule has 0 saturated carbocycles. The molecule has 0 aliphatic carbocycles. The van der Waals surface area contributed by atoms with Gasteiger partial charge in [-0.15, -0.1) is 0 Å². The second-order valence-electron chi connectivity index (χ2n) is 8.20. The van der Waals surface area contributed by atoms with Crippen molar-refractivity contribution in [2.75, 3.05) is 13.6 Å². The van der Waals surface area contributed by atoms with Crippen LogP contribution in [0.5, 0.6) is 0 Å². The predicted octanol–water partition coefficient (Wildman–Crippen LogP) is 3.85. The van der Waals surface area contributed by atoms with Crippen LogP contribution in [0.4, 0.5) is 0 Å². The Morgan fingerprint density at radius 3 is 2.44 bits per heavy atom. The Morgan fingerprint density at radius 2 is 1.72 bits per heavy atom. The molecule has 0 aliphatic rings. The summed E-state index contributed by atoms with van der Waals surface area (Å²) in [5.41, 5.74) is 1.71. The standard InChI is InChI=1S/C24H26N4O3S/c1-16(2)23(24-25-20-10-6-7-11-21(20)26-24)27-22(29)15-28(3)32(30,31)19-13-12-17-8-4-5-9-18(17)14-19/h4-14,16,23H,15H2,1-3H3,(H,25,26)(H,27,29). The number of aromatic nitrogens is 2. The molecule has 0 aliphatic heterocycles. The van der Waals surface area contributed by atoms with Crippen LogP contribution in [-0.4, -0.2) is 42.2 Å². The highest BCUT2D eigenvalue weighted by atomic mass is 32.2. The number of likely N-dealkylation sites (N-methyl/N-ethyl adjacent to an activating group) is 1. The fourth-order valence-electron chi connectivity index (χ4n) is 3.68. The number of H-pyrrole nitrogens is 1. The number of fused-ring (bicyclic) bond motifs is 2. The largest absolute Gasteiger partial charge is 0.345 e. The molecule has 1 aromatic heterocycles. The van der Waals surface area contributed by atoms with Gasteiger partial charge in [-0.2, -0.15) is 4.31 Å². The second kappa shape index (κ2) is 8.72. The third kappa shape index (κ3) is 4.37. The van der Waals surface area contributed by atoms with E-state index in [0.717, 1.165) is 26.1 Å². The fraction of sp³-hybridized carbons (Fsp3) is 0.250. The molecule has 0 saturated heterocycles. The normalized spacial score (nSPS) is 13.2. The quantitative estimate of drug-likeness (QED) is 0.447. The Labute approximate surface area is 187 Å². The van der Waals surface area contributed by atoms with Gasteiger partial charge in [-0.05, 0) is 41.0 Å². The molecule has 1 heterocycles. The first-order valence-corrected chi connectivity index (χ1v) is 11.9. The molecular formula is C24H26N4O3S. The van der Waals surface area contributed by atoms with Crippen LogP contribution in [0.2, 0.25) is 0 Å². The summed E-state index contributed by atoms with van der Waals surface area (Å²) in [6, 6.07) is 19.8. The smallest absolute Gasteiger partial charge is 0.243 e. The summed E-state index contributed by atoms with van der Waals surface area (Å²) in [4.78, 5) is 20.8. The summed E-state index contributed by atoms with van der Waals surface area (Å²) in [5, 5.41) is 4.72. The van der Waals surface area contributed by atoms with Crippen molar-refractivity contribution >= 4 is 37.7 Å². The minimum Gasteiger partial charge on any atom is -0.345 e. The lowest BCUT2D eigenvalue weighted by molar-refractivity contribution is -0.122. The zero-order chi connectivity index (χ0) is 22.9. The first-order chi connectivity index (χ1) is 15.3. The topological polar surface area (TPSA) is 95.2 Å². The first kappa shape index (κ1) is 22.0. The molecule has 8 heteroatoms. The van der Waals surface area contributed by atoms with Gasteiger partial charge >= 0.3 is 0 Å². The van der Waals surface area contributed by atoms with Gasteiger partial charge in [0.15, 0.2) is 0 Å². The predicted molar refractivity (Wildman–Crippen MR) is 126 cm³/mol. The molecule has 4 aromatic rings. The summed E-state index contributed by atoms with van der Waals surface area (Å²) in [7, 11) is -2.41. The molecular weight excluding hydrogens is 424 g/mol. The average molecular weight is 451 g/mol. The van der Waals surface area contributed by atoms with Crippen LogP contribution in [0.25, 0.3) is 21.8 Å². The Morgan fingerprint density at radius 1 is 1.03 bits per heavy atom. The number of aromatic amines is 1. The van der Waals surface area contributed by atoms with E-state index in [-0.39, 0.29) is 23.4 Å². The third-order valence-electron chi connectivity index (χ3n) is 5.48. The van der Waals surface area contributed by atoms with Crippen LogP contribution in [0.1, 0.15) is 25.7 Å². The lowest BCUT2D eigenvalue weighted by atomic mass is 10.0. The number of hydrogen-bond acceptors (Lipinski definition) is 4. The van der Waals surface area contributed by atoms with Crippen LogP contribution in [0, 0.1) is 5.92 Å². The molecule has 0 fully saturated rings. The highest BCUT2D eigenvalue weighted by molar-refractivity contribution is 7.89. The molecule has 1 unspecified atom stereocenters. The molecule has 1 amide bonds. The summed E-state index contributed by atoms with van der Waals surface area (Å²) < 4.78 is 27.2. The molecule has 32 heavy (non-hydrogen) atoms. The molecule has 0 spiro atoms. The van der Waals surface area contributed by atoms with Gasteiger partial charge in [0.2, 0.25) is 15.9 Å². The molecule has 1 atom stereocenters. The minimum atomic E-state index is -3.82. The van der Waals surface area contributed by atoms with Crippen molar-refractivity contribution in [2.24, 2.45) is 5.92 Å². The van der Waals surface area contributed by atoms with Gasteiger partial charge in [-0.25, -0.2) is 13.4 Å². The highest BCUT2D eigenvalue weighted by Crippen LogP contribution is 2.23. The van der Waals surface area contributed by atoms with Crippen molar-refractivity contribution in [1.29, 1.82) is 0 Å². The van der Waals surface area contributed by atoms with Crippen molar-refractivity contribution < 1.29 is 13.2 Å². The summed E-state index contributed by atoms with van der Waals surface area (Å²) in [6.45, 7) is 3.67. The number of carbonyl (C=O) groups is 1. The van der Waals surface area contributed by atoms with Gasteiger partial charge in [0.25, 0.3) is 0 Å². The van der Waals surface area contributed by atoms with Gasteiger partial charge in [-0.1, -0.05) is 56.3 Å². The van der Waals surface area contributed by atoms with Crippen molar-refractivity contribution in [3.8, 4) is 0 Å². The van der Waals surface area contributed by atoms with Gasteiger partial charge in [-0.3, -0.25) is 4.79 Å². The van der Waals surface area contributed by atoms with E-state index in [4.69, 9.17) is 0 Å². The van der Waals surface area contributed by atoms with E-state index in [1.807, 2.05) is 62.4 Å². The molecule has 0 radical (unpaired) electrons.